The molecule has 0 aromatic carbocycles. The van der Waals surface area contributed by atoms with Gasteiger partial charge in [0, 0.05) is 16.6 Å². The van der Waals surface area contributed by atoms with Gasteiger partial charge >= 0.3 is 0 Å². The average Bonchev–Trinajstić information content (AvgIpc) is 2.60. The van der Waals surface area contributed by atoms with E-state index in [0.717, 1.165) is 15.6 Å². The first-order chi connectivity index (χ1) is 7.20. The molecule has 0 N–H and O–H groups in total. The molecule has 0 bridgehead atoms. The van der Waals surface area contributed by atoms with Gasteiger partial charge < -0.3 is 0 Å². The van der Waals surface area contributed by atoms with Crippen molar-refractivity contribution < 1.29 is 4.39 Å². The summed E-state index contributed by atoms with van der Waals surface area (Å²) >= 11 is 1.51. The second kappa shape index (κ2) is 3.90. The molecule has 4 heteroatoms. The van der Waals surface area contributed by atoms with Gasteiger partial charge in [-0.1, -0.05) is 6.58 Å². The number of aryl methyl sites for hydroxylation is 1. The van der Waals surface area contributed by atoms with E-state index in [-0.39, 0.29) is 5.82 Å². The third-order valence-corrected chi connectivity index (χ3v) is 3.01. The van der Waals surface area contributed by atoms with Crippen LogP contribution in [0.2, 0.25) is 0 Å². The van der Waals surface area contributed by atoms with Gasteiger partial charge in [0.2, 0.25) is 0 Å². The highest BCUT2D eigenvalue weighted by Gasteiger charge is 2.07. The number of hydrogen-bond donors (Lipinski definition) is 0. The van der Waals surface area contributed by atoms with E-state index in [2.05, 4.69) is 16.5 Å². The van der Waals surface area contributed by atoms with Crippen molar-refractivity contribution in [3.05, 3.63) is 41.4 Å². The first-order valence-corrected chi connectivity index (χ1v) is 5.23. The van der Waals surface area contributed by atoms with Gasteiger partial charge in [0.05, 0.1) is 11.9 Å². The molecule has 0 amide bonds. The van der Waals surface area contributed by atoms with Gasteiger partial charge in [-0.05, 0) is 19.1 Å². The lowest BCUT2D eigenvalue weighted by atomic mass is 10.3. The molecule has 0 saturated heterocycles. The lowest BCUT2D eigenvalue weighted by molar-refractivity contribution is 0.622. The molecule has 0 unspecified atom stereocenters. The minimum absolute atomic E-state index is 0.347. The minimum Gasteiger partial charge on any atom is -0.261 e. The van der Waals surface area contributed by atoms with Crippen molar-refractivity contribution in [2.24, 2.45) is 0 Å². The van der Waals surface area contributed by atoms with Gasteiger partial charge in [0.25, 0.3) is 0 Å². The van der Waals surface area contributed by atoms with Crippen LogP contribution in [0.4, 0.5) is 4.39 Å². The van der Waals surface area contributed by atoms with E-state index < -0.39 is 0 Å². The zero-order valence-electron chi connectivity index (χ0n) is 8.20. The zero-order valence-corrected chi connectivity index (χ0v) is 9.01. The maximum Gasteiger partial charge on any atom is 0.142 e. The fraction of sp³-hybridized carbons (Fsp3) is 0.0909. The number of halogens is 1. The Morgan fingerprint density at radius 1 is 1.47 bits per heavy atom. The molecule has 0 atom stereocenters. The van der Waals surface area contributed by atoms with Crippen molar-refractivity contribution >= 4 is 17.4 Å². The lowest BCUT2D eigenvalue weighted by Crippen LogP contribution is -1.82. The topological polar surface area (TPSA) is 25.8 Å². The van der Waals surface area contributed by atoms with Gasteiger partial charge in [0.1, 0.15) is 10.8 Å². The normalized spacial score (nSPS) is 10.3. The molecule has 0 spiro atoms. The minimum atomic E-state index is -0.347. The van der Waals surface area contributed by atoms with Crippen LogP contribution in [-0.2, 0) is 0 Å². The van der Waals surface area contributed by atoms with Crippen LogP contribution in [0.1, 0.15) is 10.6 Å². The van der Waals surface area contributed by atoms with Gasteiger partial charge in [-0.3, -0.25) is 4.98 Å². The molecular weight excluding hydrogens is 211 g/mol. The average molecular weight is 220 g/mol. The molecule has 0 aliphatic rings. The first kappa shape index (κ1) is 9.98. The Kier molecular flexibility index (Phi) is 2.60. The van der Waals surface area contributed by atoms with Crippen molar-refractivity contribution in [2.75, 3.05) is 0 Å². The smallest absolute Gasteiger partial charge is 0.142 e. The summed E-state index contributed by atoms with van der Waals surface area (Å²) in [5.74, 6) is -0.347. The van der Waals surface area contributed by atoms with Crippen molar-refractivity contribution in [3.8, 4) is 10.6 Å². The van der Waals surface area contributed by atoms with Crippen molar-refractivity contribution in [1.29, 1.82) is 0 Å². The van der Waals surface area contributed by atoms with Crippen LogP contribution in [0.25, 0.3) is 16.6 Å². The number of nitrogens with zero attached hydrogens (tertiary/aromatic N) is 2. The Balaban J connectivity index is 2.49. The predicted octanol–water partition coefficient (Wildman–Crippen LogP) is 3.30. The van der Waals surface area contributed by atoms with Crippen LogP contribution < -0.4 is 0 Å². The first-order valence-electron chi connectivity index (χ1n) is 4.41. The van der Waals surface area contributed by atoms with E-state index in [1.165, 1.54) is 23.6 Å². The van der Waals surface area contributed by atoms with Crippen LogP contribution in [0.5, 0.6) is 0 Å². The van der Waals surface area contributed by atoms with Crippen LogP contribution >= 0.6 is 11.3 Å². The Bertz CT molecular complexity index is 505. The maximum absolute atomic E-state index is 12.9. The molecule has 2 aromatic heterocycles. The molecule has 0 fully saturated rings. The third-order valence-electron chi connectivity index (χ3n) is 1.98. The predicted molar refractivity (Wildman–Crippen MR) is 60.1 cm³/mol. The number of aromatic nitrogens is 2. The monoisotopic (exact) mass is 220 g/mol. The summed E-state index contributed by atoms with van der Waals surface area (Å²) in [4.78, 5) is 9.20. The second-order valence-corrected chi connectivity index (χ2v) is 4.26. The molecule has 76 valence electrons. The van der Waals surface area contributed by atoms with E-state index in [4.69, 9.17) is 0 Å². The quantitative estimate of drug-likeness (QED) is 0.776. The second-order valence-electron chi connectivity index (χ2n) is 3.06. The SMILES string of the molecule is C=Cc1nc(-c2cncc(F)c2)sc1C. The van der Waals surface area contributed by atoms with E-state index in [9.17, 15) is 4.39 Å². The standard InChI is InChI=1S/C11H9FN2S/c1-3-10-7(2)15-11(14-10)8-4-9(12)6-13-5-8/h3-6H,1H2,2H3. The maximum atomic E-state index is 12.9. The van der Waals surface area contributed by atoms with Crippen LogP contribution in [0.15, 0.2) is 25.0 Å². The Morgan fingerprint density at radius 2 is 2.27 bits per heavy atom. The van der Waals surface area contributed by atoms with E-state index in [1.54, 1.807) is 12.3 Å². The highest BCUT2D eigenvalue weighted by molar-refractivity contribution is 7.15. The number of rotatable bonds is 2. The summed E-state index contributed by atoms with van der Waals surface area (Å²) in [6, 6.07) is 1.43. The van der Waals surface area contributed by atoms with Crippen molar-refractivity contribution in [3.63, 3.8) is 0 Å². The molecule has 0 aliphatic carbocycles. The molecule has 2 rings (SSSR count). The van der Waals surface area contributed by atoms with E-state index >= 15 is 0 Å². The fourth-order valence-corrected chi connectivity index (χ4v) is 2.15. The molecule has 2 nitrogen and oxygen atoms in total. The van der Waals surface area contributed by atoms with Crippen LogP contribution in [-0.4, -0.2) is 9.97 Å². The highest BCUT2D eigenvalue weighted by atomic mass is 32.1. The van der Waals surface area contributed by atoms with Crippen LogP contribution in [0, 0.1) is 12.7 Å². The summed E-state index contributed by atoms with van der Waals surface area (Å²) in [7, 11) is 0. The zero-order chi connectivity index (χ0) is 10.8. The molecule has 0 aliphatic heterocycles. The number of thiazole rings is 1. The Morgan fingerprint density at radius 3 is 2.87 bits per heavy atom. The van der Waals surface area contributed by atoms with Crippen LogP contribution in [0.3, 0.4) is 0 Å². The third kappa shape index (κ3) is 1.94. The number of hydrogen-bond acceptors (Lipinski definition) is 3. The Hall–Kier alpha value is -1.55. The van der Waals surface area contributed by atoms with E-state index in [0.29, 0.717) is 5.56 Å². The summed E-state index contributed by atoms with van der Waals surface area (Å²) in [6.45, 7) is 5.63. The number of pyridine rings is 1. The van der Waals surface area contributed by atoms with Gasteiger partial charge in [-0.2, -0.15) is 0 Å². The molecule has 0 saturated carbocycles. The van der Waals surface area contributed by atoms with Crippen molar-refractivity contribution in [2.45, 2.75) is 6.92 Å². The van der Waals surface area contributed by atoms with Crippen molar-refractivity contribution in [1.82, 2.24) is 9.97 Å². The fourth-order valence-electron chi connectivity index (χ4n) is 1.25. The molecular formula is C11H9FN2S. The summed E-state index contributed by atoms with van der Waals surface area (Å²) in [5, 5.41) is 0.773. The lowest BCUT2D eigenvalue weighted by Gasteiger charge is -1.94. The molecule has 15 heavy (non-hydrogen) atoms. The van der Waals surface area contributed by atoms with Gasteiger partial charge in [0.15, 0.2) is 0 Å². The molecule has 2 aromatic rings. The van der Waals surface area contributed by atoms with Gasteiger partial charge in [-0.15, -0.1) is 11.3 Å². The van der Waals surface area contributed by atoms with E-state index in [1.807, 2.05) is 6.92 Å². The summed E-state index contributed by atoms with van der Waals surface area (Å²) < 4.78 is 12.9. The molecule has 0 radical (unpaired) electrons. The van der Waals surface area contributed by atoms with Gasteiger partial charge in [-0.25, -0.2) is 9.37 Å². The summed E-state index contributed by atoms with van der Waals surface area (Å²) in [5.41, 5.74) is 1.55. The highest BCUT2D eigenvalue weighted by Crippen LogP contribution is 2.27. The Labute approximate surface area is 91.1 Å². The molecule has 2 heterocycles. The largest absolute Gasteiger partial charge is 0.261 e. The summed E-state index contributed by atoms with van der Waals surface area (Å²) in [6.07, 6.45) is 4.48.